The minimum absolute atomic E-state index is 0.160. The van der Waals surface area contributed by atoms with Crippen molar-refractivity contribution < 1.29 is 0 Å². The molecular weight excluding hydrogens is 663 g/mol. The Bertz CT molecular complexity index is 2790. The summed E-state index contributed by atoms with van der Waals surface area (Å²) in [5.74, 6) is 0. The van der Waals surface area contributed by atoms with Crippen molar-refractivity contribution in [3.8, 4) is 78.1 Å². The summed E-state index contributed by atoms with van der Waals surface area (Å²) in [5.41, 5.74) is 19.2. The van der Waals surface area contributed by atoms with Gasteiger partial charge in [0.05, 0.1) is 11.4 Å². The molecule has 0 aliphatic heterocycles. The smallest absolute Gasteiger partial charge is 0.0715 e. The molecule has 260 valence electrons. The highest BCUT2D eigenvalue weighted by Gasteiger charge is 2.39. The van der Waals surface area contributed by atoms with Gasteiger partial charge in [-0.05, 0) is 108 Å². The molecule has 0 fully saturated rings. The van der Waals surface area contributed by atoms with Gasteiger partial charge < -0.3 is 0 Å². The molecule has 55 heavy (non-hydrogen) atoms. The van der Waals surface area contributed by atoms with Crippen molar-refractivity contribution in [3.05, 3.63) is 211 Å². The van der Waals surface area contributed by atoms with E-state index >= 15 is 0 Å². The van der Waals surface area contributed by atoms with Gasteiger partial charge in [-0.3, -0.25) is 0 Å². The molecule has 1 aromatic heterocycles. The maximum atomic E-state index is 5.08. The minimum atomic E-state index is -0.160. The topological polar surface area (TPSA) is 12.9 Å². The molecule has 1 heterocycles. The van der Waals surface area contributed by atoms with Gasteiger partial charge >= 0.3 is 0 Å². The summed E-state index contributed by atoms with van der Waals surface area (Å²) >= 11 is 0. The van der Waals surface area contributed by atoms with E-state index in [9.17, 15) is 0 Å². The molecule has 0 saturated heterocycles. The third-order valence-corrected chi connectivity index (χ3v) is 11.4. The zero-order valence-corrected chi connectivity index (χ0v) is 31.0. The van der Waals surface area contributed by atoms with Crippen LogP contribution in [0.25, 0.3) is 88.9 Å². The number of rotatable bonds is 6. The fraction of sp³-hybridized carbons (Fsp3) is 0.0556. The summed E-state index contributed by atoms with van der Waals surface area (Å²) in [6.45, 7) is 4.80. The van der Waals surface area contributed by atoms with Crippen LogP contribution >= 0.6 is 0 Å². The fourth-order valence-corrected chi connectivity index (χ4v) is 8.66. The van der Waals surface area contributed by atoms with E-state index in [4.69, 9.17) is 4.98 Å². The van der Waals surface area contributed by atoms with Crippen LogP contribution in [0.3, 0.4) is 0 Å². The molecular formula is C54H39N. The molecule has 0 spiro atoms. The van der Waals surface area contributed by atoms with E-state index in [1.165, 1.54) is 72.0 Å². The van der Waals surface area contributed by atoms with Gasteiger partial charge in [-0.1, -0.05) is 184 Å². The van der Waals surface area contributed by atoms with E-state index < -0.39 is 0 Å². The zero-order chi connectivity index (χ0) is 36.9. The highest BCUT2D eigenvalue weighted by Crippen LogP contribution is 2.55. The number of nitrogens with zero attached hydrogens (tertiary/aromatic N) is 1. The van der Waals surface area contributed by atoms with Crippen molar-refractivity contribution in [2.75, 3.05) is 0 Å². The van der Waals surface area contributed by atoms with Gasteiger partial charge in [0.2, 0.25) is 0 Å². The van der Waals surface area contributed by atoms with E-state index in [0.717, 1.165) is 28.1 Å². The first-order chi connectivity index (χ1) is 27.0. The SMILES string of the molecule is CC1(C)c2cc(-c3cccc(-c4ccc(-c5cc(-c6ccccc6)nc(-c6ccccc6)c5)cc4)c3)ccc2-c2c(-c3ccccc3)cc3ccccc3c21. The second-order valence-corrected chi connectivity index (χ2v) is 15.2. The van der Waals surface area contributed by atoms with Gasteiger partial charge in [0.25, 0.3) is 0 Å². The molecule has 0 atom stereocenters. The quantitative estimate of drug-likeness (QED) is 0.168. The van der Waals surface area contributed by atoms with Gasteiger partial charge in [0.1, 0.15) is 0 Å². The summed E-state index contributed by atoms with van der Waals surface area (Å²) in [6.07, 6.45) is 0. The molecule has 10 rings (SSSR count). The van der Waals surface area contributed by atoms with Crippen LogP contribution in [0.15, 0.2) is 200 Å². The second kappa shape index (κ2) is 13.2. The monoisotopic (exact) mass is 701 g/mol. The van der Waals surface area contributed by atoms with Crippen LogP contribution in [-0.4, -0.2) is 4.98 Å². The number of pyridine rings is 1. The summed E-state index contributed by atoms with van der Waals surface area (Å²) < 4.78 is 0. The van der Waals surface area contributed by atoms with Crippen molar-refractivity contribution in [2.45, 2.75) is 19.3 Å². The first-order valence-electron chi connectivity index (χ1n) is 19.1. The average molecular weight is 702 g/mol. The number of fused-ring (bicyclic) bond motifs is 5. The van der Waals surface area contributed by atoms with Crippen LogP contribution in [0.4, 0.5) is 0 Å². The maximum absolute atomic E-state index is 5.08. The Labute approximate surface area is 323 Å². The molecule has 1 aliphatic rings. The predicted molar refractivity (Wildman–Crippen MR) is 232 cm³/mol. The van der Waals surface area contributed by atoms with Crippen molar-refractivity contribution in [3.63, 3.8) is 0 Å². The van der Waals surface area contributed by atoms with Crippen molar-refractivity contribution in [1.82, 2.24) is 4.98 Å². The van der Waals surface area contributed by atoms with E-state index in [0.29, 0.717) is 0 Å². The average Bonchev–Trinajstić information content (AvgIpc) is 3.50. The Morgan fingerprint density at radius 2 is 0.836 bits per heavy atom. The Kier molecular flexibility index (Phi) is 7.89. The summed E-state index contributed by atoms with van der Waals surface area (Å²) in [7, 11) is 0. The highest BCUT2D eigenvalue weighted by atomic mass is 14.7. The molecule has 0 saturated carbocycles. The predicted octanol–water partition coefficient (Wildman–Crippen LogP) is 14.5. The summed E-state index contributed by atoms with van der Waals surface area (Å²) in [5, 5.41) is 2.63. The first kappa shape index (κ1) is 32.8. The van der Waals surface area contributed by atoms with Gasteiger partial charge in [-0.2, -0.15) is 0 Å². The maximum Gasteiger partial charge on any atom is 0.0715 e. The highest BCUT2D eigenvalue weighted by molar-refractivity contribution is 6.05. The zero-order valence-electron chi connectivity index (χ0n) is 31.0. The normalized spacial score (nSPS) is 12.7. The molecule has 0 bridgehead atoms. The van der Waals surface area contributed by atoms with Crippen molar-refractivity contribution in [2.24, 2.45) is 0 Å². The van der Waals surface area contributed by atoms with Gasteiger partial charge in [0, 0.05) is 16.5 Å². The second-order valence-electron chi connectivity index (χ2n) is 15.2. The number of aromatic nitrogens is 1. The Morgan fingerprint density at radius 3 is 1.47 bits per heavy atom. The van der Waals surface area contributed by atoms with Crippen LogP contribution in [0.2, 0.25) is 0 Å². The van der Waals surface area contributed by atoms with E-state index in [1.807, 2.05) is 12.1 Å². The third kappa shape index (κ3) is 5.77. The molecule has 1 heteroatoms. The van der Waals surface area contributed by atoms with Crippen LogP contribution in [0.5, 0.6) is 0 Å². The number of hydrogen-bond acceptors (Lipinski definition) is 1. The van der Waals surface area contributed by atoms with Crippen molar-refractivity contribution in [1.29, 1.82) is 0 Å². The van der Waals surface area contributed by atoms with E-state index in [-0.39, 0.29) is 5.41 Å². The lowest BCUT2D eigenvalue weighted by molar-refractivity contribution is 0.666. The van der Waals surface area contributed by atoms with Gasteiger partial charge in [0.15, 0.2) is 0 Å². The molecule has 8 aromatic carbocycles. The van der Waals surface area contributed by atoms with Gasteiger partial charge in [-0.15, -0.1) is 0 Å². The van der Waals surface area contributed by atoms with Crippen molar-refractivity contribution >= 4 is 10.8 Å². The van der Waals surface area contributed by atoms with E-state index in [1.54, 1.807) is 0 Å². The summed E-state index contributed by atoms with van der Waals surface area (Å²) in [6, 6.07) is 72.5. The van der Waals surface area contributed by atoms with Gasteiger partial charge in [-0.25, -0.2) is 4.98 Å². The molecule has 0 radical (unpaired) electrons. The van der Waals surface area contributed by atoms with Crippen LogP contribution < -0.4 is 0 Å². The van der Waals surface area contributed by atoms with Crippen LogP contribution in [0, 0.1) is 0 Å². The van der Waals surface area contributed by atoms with Crippen LogP contribution in [0.1, 0.15) is 25.0 Å². The molecule has 1 nitrogen and oxygen atoms in total. The Balaban J connectivity index is 1.01. The van der Waals surface area contributed by atoms with E-state index in [2.05, 4.69) is 202 Å². The lowest BCUT2D eigenvalue weighted by atomic mass is 9.78. The third-order valence-electron chi connectivity index (χ3n) is 11.4. The Hall–Kier alpha value is -6.83. The largest absolute Gasteiger partial charge is 0.248 e. The minimum Gasteiger partial charge on any atom is -0.248 e. The molecule has 9 aromatic rings. The first-order valence-corrected chi connectivity index (χ1v) is 19.1. The lowest BCUT2D eigenvalue weighted by Crippen LogP contribution is -2.15. The molecule has 0 unspecified atom stereocenters. The summed E-state index contributed by atoms with van der Waals surface area (Å²) in [4.78, 5) is 5.08. The lowest BCUT2D eigenvalue weighted by Gasteiger charge is -2.24. The standard InChI is InChI=1S/C54H39N/c1-54(2)49-33-43(29-30-47(49)52-48(38-15-6-3-7-16-38)32-44-21-12-13-24-46(44)53(52)54)42-23-14-22-41(31-42)36-25-27-37(28-26-36)45-34-50(39-17-8-4-9-18-39)55-51(35-45)40-19-10-5-11-20-40/h3-35H,1-2H3. The molecule has 0 N–H and O–H groups in total. The van der Waals surface area contributed by atoms with Crippen LogP contribution in [-0.2, 0) is 5.41 Å². The Morgan fingerprint density at radius 1 is 0.345 bits per heavy atom. The number of hydrogen-bond donors (Lipinski definition) is 0. The molecule has 1 aliphatic carbocycles. The number of benzene rings is 8. The fourth-order valence-electron chi connectivity index (χ4n) is 8.66. The molecule has 0 amide bonds.